The van der Waals surface area contributed by atoms with Gasteiger partial charge >= 0.3 is 19.5 Å². The number of quaternary nitrogens is 1. The Kier molecular flexibility index (Phi) is 25.7. The molecule has 1 heterocycles. The van der Waals surface area contributed by atoms with Gasteiger partial charge < -0.3 is 29.2 Å². The second-order valence-corrected chi connectivity index (χ2v) is 24.2. The Hall–Kier alpha value is -7.25. The molecule has 40 heteroatoms. The number of hydrogen-bond acceptors (Lipinski definition) is 6. The molecular weight excluding hydrogens is 1500 g/mol. The van der Waals surface area contributed by atoms with Crippen molar-refractivity contribution in [2.75, 3.05) is 65.9 Å². The van der Waals surface area contributed by atoms with Crippen LogP contribution in [0.5, 0.6) is 5.75 Å². The van der Waals surface area contributed by atoms with Gasteiger partial charge in [0.25, 0.3) is 12.6 Å². The van der Waals surface area contributed by atoms with Gasteiger partial charge in [-0.25, -0.2) is 132 Å². The summed E-state index contributed by atoms with van der Waals surface area (Å²) in [6, 6.07) is 4.19. The number of ether oxygens (including phenoxy) is 4. The molecule has 2 N–H and O–H groups in total. The van der Waals surface area contributed by atoms with Crippen molar-refractivity contribution in [1.29, 1.82) is 0 Å². The van der Waals surface area contributed by atoms with Gasteiger partial charge in [0.1, 0.15) is 69.8 Å². The average molecular weight is 1540 g/mol. The van der Waals surface area contributed by atoms with E-state index in [0.29, 0.717) is 59.4 Å². The molecule has 1 aliphatic rings. The van der Waals surface area contributed by atoms with Crippen LogP contribution >= 0.6 is 0 Å². The summed E-state index contributed by atoms with van der Waals surface area (Å²) < 4.78 is 492. The van der Waals surface area contributed by atoms with Crippen LogP contribution in [-0.4, -0.2) is 83.4 Å². The quantitative estimate of drug-likeness (QED) is 0.0636. The van der Waals surface area contributed by atoms with Crippen molar-refractivity contribution in [3.05, 3.63) is 203 Å². The third-order valence-corrected chi connectivity index (χ3v) is 16.2. The van der Waals surface area contributed by atoms with E-state index in [1.165, 1.54) is 5.56 Å². The predicted octanol–water partition coefficient (Wildman–Crippen LogP) is 10.3. The maximum Gasteiger partial charge on any atom is 2.00 e. The fraction of sp³-hybridized carbons (Fsp3) is 0.311. The zero-order valence-corrected chi connectivity index (χ0v) is 55.2. The molecule has 7 aromatic carbocycles. The van der Waals surface area contributed by atoms with E-state index >= 15 is 105 Å². The van der Waals surface area contributed by atoms with Crippen molar-refractivity contribution in [2.45, 2.75) is 58.9 Å². The third-order valence-electron chi connectivity index (χ3n) is 16.2. The van der Waals surface area contributed by atoms with Crippen LogP contribution in [-0.2, 0) is 55.8 Å². The minimum absolute atomic E-state index is 0. The molecule has 0 atom stereocenters. The van der Waals surface area contributed by atoms with Gasteiger partial charge in [-0.15, -0.1) is 5.75 Å². The van der Waals surface area contributed by atoms with Gasteiger partial charge in [0.15, 0.2) is 105 Å². The summed E-state index contributed by atoms with van der Waals surface area (Å²) in [6.07, 6.45) is -16.4. The van der Waals surface area contributed by atoms with E-state index in [1.54, 1.807) is 0 Å². The Morgan fingerprint density at radius 1 is 0.307 bits per heavy atom. The Labute approximate surface area is 562 Å². The molecule has 101 heavy (non-hydrogen) atoms. The molecule has 0 amide bonds. The van der Waals surface area contributed by atoms with Gasteiger partial charge in [0, 0.05) is 19.6 Å². The van der Waals surface area contributed by atoms with Crippen LogP contribution in [0.15, 0.2) is 12.1 Å². The maximum atomic E-state index is 16.5. The molecule has 0 unspecified atom stereocenters. The fourth-order valence-corrected chi connectivity index (χ4v) is 11.5. The third kappa shape index (κ3) is 14.7. The van der Waals surface area contributed by atoms with Crippen molar-refractivity contribution in [3.63, 3.8) is 0 Å². The Balaban J connectivity index is 0.000000419. The first-order chi connectivity index (χ1) is 46.3. The van der Waals surface area contributed by atoms with Gasteiger partial charge in [-0.2, -0.15) is 0 Å². The molecule has 0 spiro atoms. The number of hydrogen-bond donors (Lipinski definition) is 1. The van der Waals surface area contributed by atoms with Crippen molar-refractivity contribution in [3.8, 4) is 5.75 Å². The second kappa shape index (κ2) is 31.4. The summed E-state index contributed by atoms with van der Waals surface area (Å²) in [4.78, 5) is 2.25. The van der Waals surface area contributed by atoms with Crippen LogP contribution in [0.25, 0.3) is 0 Å². The Bertz CT molecular complexity index is 3650. The first-order valence-corrected chi connectivity index (χ1v) is 28.5. The summed E-state index contributed by atoms with van der Waals surface area (Å²) in [5, 5.41) is 10.9. The zero-order chi connectivity index (χ0) is 75.4. The van der Waals surface area contributed by atoms with Crippen molar-refractivity contribution >= 4 is 45.3 Å². The van der Waals surface area contributed by atoms with Crippen LogP contribution in [0.4, 0.5) is 132 Å². The zero-order valence-electron chi connectivity index (χ0n) is 52.2. The number of nitrogens with zero attached hydrogens (tertiary/aromatic N) is 1. The minimum Gasteiger partial charge on any atom is -0.872 e. The molecule has 1 saturated heterocycles. The van der Waals surface area contributed by atoms with Crippen LogP contribution < -0.4 is 43.0 Å². The second-order valence-electron chi connectivity index (χ2n) is 24.2. The van der Waals surface area contributed by atoms with Crippen molar-refractivity contribution in [1.82, 2.24) is 4.90 Å². The molecule has 1 fully saturated rings. The van der Waals surface area contributed by atoms with E-state index in [4.69, 9.17) is 18.9 Å². The van der Waals surface area contributed by atoms with Gasteiger partial charge in [-0.1, -0.05) is 86.5 Å². The predicted molar refractivity (Wildman–Crippen MR) is 290 cm³/mol. The molecule has 0 aliphatic carbocycles. The topological polar surface area (TPSA) is 79.8 Å². The molecule has 0 saturated carbocycles. The monoisotopic (exact) mass is 1540 g/mol. The van der Waals surface area contributed by atoms with Crippen LogP contribution in [0.2, 0.25) is 0 Å². The van der Waals surface area contributed by atoms with Gasteiger partial charge in [-0.3, -0.25) is 4.90 Å². The van der Waals surface area contributed by atoms with Crippen molar-refractivity contribution in [2.24, 2.45) is 0 Å². The summed E-state index contributed by atoms with van der Waals surface area (Å²) in [5.41, 5.74) is -22.4. The maximum absolute atomic E-state index is 16.5. The van der Waals surface area contributed by atoms with Gasteiger partial charge in [-0.05, 0) is 27.5 Å². The SMILES string of the molecule is CC(C)(C)c1cc(CN2CCOCCOCCOCCOCC2)c([O-])c(C(C)(C)C)c1.Fc1c(F)c(F)c([B-]([NH2+][B-](c2c(F)c(F)c(F)c(F)c2F)(c2c(F)c(F)c(F)c(F)c2F)c2c(F)c(F)c(F)c(F)c2F)(c2c(F)c(F)c(F)c(F)c2F)c2c(F)c(F)c(F)c(F)c2F)c(F)c1F.[Zn+2]. The molecule has 7 nitrogen and oxygen atoms in total. The fourth-order valence-electron chi connectivity index (χ4n) is 11.5. The first kappa shape index (κ1) is 82.7. The molecule has 0 bridgehead atoms. The summed E-state index contributed by atoms with van der Waals surface area (Å²) in [7, 11) is 0. The molecule has 1 aliphatic heterocycles. The largest absolute Gasteiger partial charge is 2.00 e. The molecule has 7 aromatic rings. The molecule has 546 valence electrons. The number of nitrogens with two attached hydrogens (primary N) is 1. The van der Waals surface area contributed by atoms with Crippen LogP contribution in [0.1, 0.15) is 58.2 Å². The van der Waals surface area contributed by atoms with E-state index in [9.17, 15) is 31.4 Å². The Morgan fingerprint density at radius 3 is 0.683 bits per heavy atom. The molecular formula is C61H44B2F30N2O5Zn. The molecule has 0 aromatic heterocycles. The van der Waals surface area contributed by atoms with E-state index in [0.717, 1.165) is 24.2 Å². The Morgan fingerprint density at radius 2 is 0.495 bits per heavy atom. The number of benzene rings is 7. The smallest absolute Gasteiger partial charge is 0.872 e. The number of rotatable bonds is 10. The van der Waals surface area contributed by atoms with E-state index in [1.807, 2.05) is 0 Å². The number of halogens is 30. The van der Waals surface area contributed by atoms with Gasteiger partial charge in [0.05, 0.1) is 52.9 Å². The standard InChI is InChI=1S/C36H2B2F30N.C25H43NO5.Zn/c39-7-1(8(40)20(52)31(63)19(7)51)37(2-9(41)21(53)32(64)22(54)10(2)42,3-11(43)23(55)33(65)24(56)12(3)44)69-38(4-13(45)25(57)34(66)26(58)14(4)46,5-15(47)27(59)35(67)28(60)16(5)48)6-17(49)29(61)36(68)30(62)18(6)50;1-24(2,3)21-17-20(23(27)22(18-21)25(4,5)6)19-26-7-9-28-11-13-30-15-16-31-14-12-29-10-8-26;/h69H2;17-18,27H,7-16,19H2,1-6H3;/q-1;;+2/p-1. The van der Waals surface area contributed by atoms with E-state index in [-0.39, 0.29) is 36.1 Å². The van der Waals surface area contributed by atoms with Gasteiger partial charge in [0.2, 0.25) is 0 Å². The summed E-state index contributed by atoms with van der Waals surface area (Å²) in [5.74, 6) is -121. The van der Waals surface area contributed by atoms with Crippen LogP contribution in [0.3, 0.4) is 0 Å². The molecule has 0 radical (unpaired) electrons. The minimum atomic E-state index is -8.20. The summed E-state index contributed by atoms with van der Waals surface area (Å²) in [6.45, 7) is 19.6. The van der Waals surface area contributed by atoms with E-state index in [2.05, 4.69) is 58.6 Å². The average Bonchev–Trinajstić information content (AvgIpc) is 0.676. The van der Waals surface area contributed by atoms with Crippen molar-refractivity contribution < 1.29 is 180 Å². The summed E-state index contributed by atoms with van der Waals surface area (Å²) >= 11 is 0. The normalized spacial score (nSPS) is 14.4. The first-order valence-electron chi connectivity index (χ1n) is 28.5. The van der Waals surface area contributed by atoms with E-state index < -0.39 is 225 Å². The molecule has 8 rings (SSSR count). The van der Waals surface area contributed by atoms with Crippen LogP contribution in [0, 0.1) is 175 Å².